The lowest BCUT2D eigenvalue weighted by atomic mass is 10.2. The molecule has 0 atom stereocenters. The first kappa shape index (κ1) is 23.8. The maximum atomic E-state index is 10.4. The minimum atomic E-state index is -0.952. The van der Waals surface area contributed by atoms with Gasteiger partial charge in [-0.3, -0.25) is 4.79 Å². The summed E-state index contributed by atoms with van der Waals surface area (Å²) >= 11 is 0. The molecule has 0 heterocycles. The molecule has 0 saturated heterocycles. The average molecular weight is 364 g/mol. The molecule has 0 aromatic heterocycles. The van der Waals surface area contributed by atoms with Crippen molar-refractivity contribution in [3.63, 3.8) is 0 Å². The second-order valence-electron chi connectivity index (χ2n) is 5.91. The average Bonchev–Trinajstić information content (AvgIpc) is 2.61. The fourth-order valence-electron chi connectivity index (χ4n) is 1.73. The molecule has 3 heteroatoms. The first-order chi connectivity index (χ1) is 12.8. The first-order valence-electron chi connectivity index (χ1n) is 8.59. The monoisotopic (exact) mass is 364 g/mol. The van der Waals surface area contributed by atoms with Gasteiger partial charge in [0, 0.05) is 6.08 Å². The van der Waals surface area contributed by atoms with Crippen molar-refractivity contribution in [2.24, 2.45) is 0 Å². The third-order valence-corrected chi connectivity index (χ3v) is 3.19. The van der Waals surface area contributed by atoms with Crippen LogP contribution in [0, 0.1) is 0 Å². The van der Waals surface area contributed by atoms with E-state index in [1.165, 1.54) is 6.08 Å². The van der Waals surface area contributed by atoms with Crippen molar-refractivity contribution in [3.8, 4) is 0 Å². The second-order valence-corrected chi connectivity index (χ2v) is 5.91. The highest BCUT2D eigenvalue weighted by atomic mass is 16.4. The molecular weight excluding hydrogens is 336 g/mol. The molecule has 0 aliphatic heterocycles. The number of aliphatic carboxylic acids is 1. The van der Waals surface area contributed by atoms with E-state index in [1.807, 2.05) is 88.5 Å². The minimum Gasteiger partial charge on any atom is -0.478 e. The van der Waals surface area contributed by atoms with Crippen LogP contribution in [0.4, 0.5) is 0 Å². The van der Waals surface area contributed by atoms with Crippen LogP contribution in [0.2, 0.25) is 0 Å². The topological polar surface area (TPSA) is 54.4 Å². The van der Waals surface area contributed by atoms with Gasteiger partial charge in [0.2, 0.25) is 0 Å². The van der Waals surface area contributed by atoms with Crippen LogP contribution in [0.5, 0.6) is 0 Å². The van der Waals surface area contributed by atoms with Gasteiger partial charge in [0.15, 0.2) is 0 Å². The molecule has 0 saturated carbocycles. The molecule has 0 amide bonds. The Bertz CT molecular complexity index is 761. The van der Waals surface area contributed by atoms with Crippen molar-refractivity contribution in [1.29, 1.82) is 0 Å². The van der Waals surface area contributed by atoms with Crippen molar-refractivity contribution in [1.82, 2.24) is 0 Å². The summed E-state index contributed by atoms with van der Waals surface area (Å²) in [6.45, 7) is 7.79. The van der Waals surface area contributed by atoms with E-state index in [1.54, 1.807) is 12.2 Å². The van der Waals surface area contributed by atoms with Crippen LogP contribution >= 0.6 is 0 Å². The Kier molecular flexibility index (Phi) is 13.3. The molecule has 27 heavy (non-hydrogen) atoms. The van der Waals surface area contributed by atoms with Gasteiger partial charge in [-0.15, -0.1) is 0 Å². The smallest absolute Gasteiger partial charge is 0.328 e. The van der Waals surface area contributed by atoms with Gasteiger partial charge in [0.05, 0.1) is 0 Å². The molecule has 3 nitrogen and oxygen atoms in total. The summed E-state index contributed by atoms with van der Waals surface area (Å²) < 4.78 is 0. The summed E-state index contributed by atoms with van der Waals surface area (Å²) in [6, 6.07) is 0. The van der Waals surface area contributed by atoms with Gasteiger partial charge in [-0.1, -0.05) is 95.2 Å². The summed E-state index contributed by atoms with van der Waals surface area (Å²) in [7, 11) is 0. The highest BCUT2D eigenvalue weighted by Gasteiger charge is 1.85. The molecule has 0 aliphatic rings. The molecule has 142 valence electrons. The summed E-state index contributed by atoms with van der Waals surface area (Å²) in [6.07, 6.45) is 26.2. The van der Waals surface area contributed by atoms with Crippen LogP contribution < -0.4 is 0 Å². The van der Waals surface area contributed by atoms with Gasteiger partial charge >= 0.3 is 5.97 Å². The van der Waals surface area contributed by atoms with Gasteiger partial charge in [-0.2, -0.15) is 0 Å². The standard InChI is InChI=1S/C24H28O3/c1-20(12-7-14-22(3)16-9-19-25)10-5-6-11-21(2)13-8-15-23(4)17-18-24(26)27/h5-19H,1-4H3,(H,26,27)/b6-5+,12-7+,13-8+,16-9+,18-17+,20-10+,21-11+,22-14+,23-15+. The SMILES string of the molecule is CC(/C=C/C=O)=C\C=C\C(C)=C\C=C\C=C(C)\C=C\C=C(C)\C=C\C(=O)O. The van der Waals surface area contributed by atoms with Crippen LogP contribution in [-0.2, 0) is 9.59 Å². The quantitative estimate of drug-likeness (QED) is 0.301. The van der Waals surface area contributed by atoms with E-state index < -0.39 is 5.97 Å². The number of rotatable bonds is 10. The molecule has 1 N–H and O–H groups in total. The summed E-state index contributed by atoms with van der Waals surface area (Å²) in [5.41, 5.74) is 4.07. The van der Waals surface area contributed by atoms with E-state index in [0.29, 0.717) is 0 Å². The minimum absolute atomic E-state index is 0.760. The fourth-order valence-corrected chi connectivity index (χ4v) is 1.73. The zero-order valence-electron chi connectivity index (χ0n) is 16.4. The predicted molar refractivity (Wildman–Crippen MR) is 114 cm³/mol. The van der Waals surface area contributed by atoms with Crippen LogP contribution in [-0.4, -0.2) is 17.4 Å². The highest BCUT2D eigenvalue weighted by Crippen LogP contribution is 2.02. The third-order valence-electron chi connectivity index (χ3n) is 3.19. The van der Waals surface area contributed by atoms with E-state index in [0.717, 1.165) is 34.7 Å². The largest absolute Gasteiger partial charge is 0.478 e. The molecule has 0 aliphatic carbocycles. The van der Waals surface area contributed by atoms with Crippen molar-refractivity contribution < 1.29 is 14.7 Å². The molecular formula is C24H28O3. The van der Waals surface area contributed by atoms with E-state index >= 15 is 0 Å². The van der Waals surface area contributed by atoms with Gasteiger partial charge < -0.3 is 5.11 Å². The van der Waals surface area contributed by atoms with Gasteiger partial charge in [-0.25, -0.2) is 4.79 Å². The van der Waals surface area contributed by atoms with Crippen molar-refractivity contribution in [2.75, 3.05) is 0 Å². The Hall–Kier alpha value is -3.20. The van der Waals surface area contributed by atoms with Crippen molar-refractivity contribution in [3.05, 3.63) is 107 Å². The van der Waals surface area contributed by atoms with Gasteiger partial charge in [0.1, 0.15) is 6.29 Å². The maximum absolute atomic E-state index is 10.4. The molecule has 0 unspecified atom stereocenters. The number of allylic oxidation sites excluding steroid dienone is 17. The molecule has 0 radical (unpaired) electrons. The molecule has 0 fully saturated rings. The Morgan fingerprint density at radius 2 is 0.926 bits per heavy atom. The lowest BCUT2D eigenvalue weighted by Crippen LogP contribution is -1.85. The van der Waals surface area contributed by atoms with E-state index in [9.17, 15) is 9.59 Å². The van der Waals surface area contributed by atoms with E-state index in [2.05, 4.69) is 0 Å². The van der Waals surface area contributed by atoms with Crippen LogP contribution in [0.15, 0.2) is 107 Å². The zero-order valence-corrected chi connectivity index (χ0v) is 16.4. The molecule has 0 spiro atoms. The van der Waals surface area contributed by atoms with Crippen LogP contribution in [0.25, 0.3) is 0 Å². The number of carbonyl (C=O) groups excluding carboxylic acids is 1. The lowest BCUT2D eigenvalue weighted by molar-refractivity contribution is -0.131. The number of carbonyl (C=O) groups is 2. The Labute approximate surface area is 162 Å². The lowest BCUT2D eigenvalue weighted by Gasteiger charge is -1.90. The highest BCUT2D eigenvalue weighted by molar-refractivity contribution is 5.80. The molecule has 0 bridgehead atoms. The summed E-state index contributed by atoms with van der Waals surface area (Å²) in [4.78, 5) is 20.7. The van der Waals surface area contributed by atoms with E-state index in [-0.39, 0.29) is 0 Å². The Morgan fingerprint density at radius 1 is 0.556 bits per heavy atom. The molecule has 0 aromatic carbocycles. The third kappa shape index (κ3) is 16.0. The zero-order chi connectivity index (χ0) is 20.5. The fraction of sp³-hybridized carbons (Fsp3) is 0.167. The van der Waals surface area contributed by atoms with Crippen molar-refractivity contribution in [2.45, 2.75) is 27.7 Å². The number of carboxylic acids is 1. The van der Waals surface area contributed by atoms with Crippen molar-refractivity contribution >= 4 is 12.3 Å². The molecule has 0 rings (SSSR count). The predicted octanol–water partition coefficient (Wildman–Crippen LogP) is 5.84. The van der Waals surface area contributed by atoms with Gasteiger partial charge in [0.25, 0.3) is 0 Å². The second kappa shape index (κ2) is 15.1. The van der Waals surface area contributed by atoms with Gasteiger partial charge in [-0.05, 0) is 33.8 Å². The Morgan fingerprint density at radius 3 is 1.33 bits per heavy atom. The number of hydrogen-bond donors (Lipinski definition) is 1. The maximum Gasteiger partial charge on any atom is 0.328 e. The first-order valence-corrected chi connectivity index (χ1v) is 8.59. The van der Waals surface area contributed by atoms with Crippen LogP contribution in [0.1, 0.15) is 27.7 Å². The number of aldehydes is 1. The summed E-state index contributed by atoms with van der Waals surface area (Å²) in [5, 5.41) is 8.56. The summed E-state index contributed by atoms with van der Waals surface area (Å²) in [5.74, 6) is -0.952. The number of hydrogen-bond acceptors (Lipinski definition) is 2. The number of carboxylic acid groups (broad SMARTS) is 1. The molecule has 0 aromatic rings. The van der Waals surface area contributed by atoms with Crippen LogP contribution in [0.3, 0.4) is 0 Å². The Balaban J connectivity index is 4.64. The normalized spacial score (nSPS) is 15.3. The van der Waals surface area contributed by atoms with E-state index in [4.69, 9.17) is 5.11 Å².